The highest BCUT2D eigenvalue weighted by molar-refractivity contribution is 7.91. The Hall–Kier alpha value is -2.49. The predicted octanol–water partition coefficient (Wildman–Crippen LogP) is 8.91. The van der Waals surface area contributed by atoms with Crippen molar-refractivity contribution in [3.05, 3.63) is 59.8 Å². The van der Waals surface area contributed by atoms with Crippen molar-refractivity contribution in [2.75, 3.05) is 44.3 Å². The van der Waals surface area contributed by atoms with Crippen LogP contribution in [0.25, 0.3) is 0 Å². The van der Waals surface area contributed by atoms with Crippen molar-refractivity contribution in [1.82, 2.24) is 15.2 Å². The van der Waals surface area contributed by atoms with Gasteiger partial charge in [0, 0.05) is 44.0 Å². The lowest BCUT2D eigenvalue weighted by atomic mass is 9.37. The number of rotatable bonds is 11. The van der Waals surface area contributed by atoms with Crippen LogP contribution in [0.4, 0.5) is 0 Å². The molecule has 2 N–H and O–H groups in total. The molecule has 2 unspecified atom stereocenters. The molecule has 0 bridgehead atoms. The Labute approximate surface area is 343 Å². The summed E-state index contributed by atoms with van der Waals surface area (Å²) in [6.45, 7) is 20.8. The zero-order chi connectivity index (χ0) is 40.4. The lowest BCUT2D eigenvalue weighted by Gasteiger charge is -2.68. The Morgan fingerprint density at radius 3 is 2.37 bits per heavy atom. The molecule has 0 aromatic carbocycles. The topological polar surface area (TPSA) is 109 Å². The van der Waals surface area contributed by atoms with Gasteiger partial charge in [0.1, 0.15) is 0 Å². The van der Waals surface area contributed by atoms with Gasteiger partial charge in [-0.15, -0.1) is 0 Å². The molecule has 2 heterocycles. The number of sulfone groups is 1. The summed E-state index contributed by atoms with van der Waals surface area (Å²) in [5.41, 5.74) is 4.22. The number of nitrogens with zero attached hydrogens (tertiary/aromatic N) is 2. The molecule has 57 heavy (non-hydrogen) atoms. The fourth-order valence-corrected chi connectivity index (χ4v) is 16.2. The third-order valence-electron chi connectivity index (χ3n) is 18.1. The van der Waals surface area contributed by atoms with Gasteiger partial charge in [0.2, 0.25) is 5.88 Å². The number of ether oxygens (including phenoxy) is 1. The molecular formula is C48H71N3O5S. The number of nitrogens with one attached hydrogen (secondary N) is 1. The summed E-state index contributed by atoms with van der Waals surface area (Å²) in [5, 5.41) is 14.7. The highest BCUT2D eigenvalue weighted by atomic mass is 32.2. The van der Waals surface area contributed by atoms with Crippen LogP contribution in [0.2, 0.25) is 0 Å². The Morgan fingerprint density at radius 2 is 1.68 bits per heavy atom. The second-order valence-electron chi connectivity index (χ2n) is 21.0. The van der Waals surface area contributed by atoms with Crippen LogP contribution in [0.15, 0.2) is 59.8 Å². The molecule has 7 aliphatic rings. The highest BCUT2D eigenvalue weighted by Gasteiger charge is 2.66. The first-order valence-electron chi connectivity index (χ1n) is 22.5. The predicted molar refractivity (Wildman–Crippen MR) is 228 cm³/mol. The first kappa shape index (κ1) is 41.3. The van der Waals surface area contributed by atoms with E-state index in [-0.39, 0.29) is 16.4 Å². The molecule has 0 spiro atoms. The summed E-state index contributed by atoms with van der Waals surface area (Å²) in [6, 6.07) is 5.56. The second kappa shape index (κ2) is 15.2. The van der Waals surface area contributed by atoms with Crippen LogP contribution in [0.3, 0.4) is 0 Å². The third kappa shape index (κ3) is 7.19. The molecule has 6 aliphatic carbocycles. The fourth-order valence-electron chi connectivity index (χ4n) is 15.0. The summed E-state index contributed by atoms with van der Waals surface area (Å²) in [4.78, 5) is 19.3. The van der Waals surface area contributed by atoms with E-state index in [0.29, 0.717) is 91.3 Å². The Kier molecular flexibility index (Phi) is 11.0. The van der Waals surface area contributed by atoms with E-state index in [2.05, 4.69) is 68.6 Å². The summed E-state index contributed by atoms with van der Waals surface area (Å²) in [7, 11) is -2.87. The number of hydrogen-bond acceptors (Lipinski definition) is 7. The quantitative estimate of drug-likeness (QED) is 0.214. The molecule has 1 aromatic heterocycles. The summed E-state index contributed by atoms with van der Waals surface area (Å²) < 4.78 is 30.0. The first-order chi connectivity index (χ1) is 27.0. The van der Waals surface area contributed by atoms with Crippen LogP contribution in [0.5, 0.6) is 5.88 Å². The van der Waals surface area contributed by atoms with E-state index >= 15 is 0 Å². The highest BCUT2D eigenvalue weighted by Crippen LogP contribution is 2.72. The maximum Gasteiger partial charge on any atom is 0.310 e. The van der Waals surface area contributed by atoms with Gasteiger partial charge in [-0.25, -0.2) is 13.4 Å². The smallest absolute Gasteiger partial charge is 0.310 e. The fraction of sp³-hybridized carbons (Fsp3) is 0.750. The van der Waals surface area contributed by atoms with Crippen LogP contribution >= 0.6 is 0 Å². The number of carboxylic acids is 1. The summed E-state index contributed by atoms with van der Waals surface area (Å²) in [5.74, 6) is 4.37. The lowest BCUT2D eigenvalue weighted by Crippen LogP contribution is -2.65. The molecule has 8 rings (SSSR count). The van der Waals surface area contributed by atoms with Gasteiger partial charge in [-0.05, 0) is 159 Å². The molecule has 5 fully saturated rings. The Balaban J connectivity index is 0.974. The van der Waals surface area contributed by atoms with Crippen LogP contribution < -0.4 is 10.1 Å². The molecule has 10 atom stereocenters. The number of fused-ring (bicyclic) bond motifs is 7. The number of aliphatic carboxylic acids is 1. The van der Waals surface area contributed by atoms with Crippen molar-refractivity contribution in [1.29, 1.82) is 0 Å². The maximum atomic E-state index is 12.7. The largest absolute Gasteiger partial charge is 0.481 e. The summed E-state index contributed by atoms with van der Waals surface area (Å²) >= 11 is 0. The normalized spacial score (nSPS) is 41.0. The maximum absolute atomic E-state index is 12.7. The van der Waals surface area contributed by atoms with Crippen molar-refractivity contribution in [3.8, 4) is 5.88 Å². The number of carbonyl (C=O) groups is 1. The third-order valence-corrected chi connectivity index (χ3v) is 19.7. The molecule has 1 saturated heterocycles. The zero-order valence-electron chi connectivity index (χ0n) is 35.7. The zero-order valence-corrected chi connectivity index (χ0v) is 36.5. The standard InChI is InChI=1S/C48H71N3O5S/c1-33(2)35-16-21-48(50-26-27-51-28-31-57(54,55)32-29-51)23-22-45(5)37-12-13-40-44(3,4)36(17-18-46(40,6)38(37)10-11-39(45)42(35)48)34-14-19-47(20-15-34,43(52)53)24-30-56-41-9-7-8-25-49-41/h7-9,14,17,25,35,37-40,42,50H,1,10-13,15-16,18-24,26-32H2,2-6H3,(H,52,53)/t35-,37?,38-,39+,40-,42+,45-,46+,47?,48-/m0/s1. The molecular weight excluding hydrogens is 731 g/mol. The van der Waals surface area contributed by atoms with Crippen molar-refractivity contribution in [2.45, 2.75) is 124 Å². The molecule has 314 valence electrons. The number of carboxylic acid groups (broad SMARTS) is 1. The van der Waals surface area contributed by atoms with Gasteiger partial charge < -0.3 is 20.1 Å². The molecule has 9 heteroatoms. The summed E-state index contributed by atoms with van der Waals surface area (Å²) in [6.07, 6.45) is 20.4. The van der Waals surface area contributed by atoms with Crippen LogP contribution in [0.1, 0.15) is 118 Å². The lowest BCUT2D eigenvalue weighted by molar-refractivity contribution is -0.170. The van der Waals surface area contributed by atoms with E-state index in [4.69, 9.17) is 4.74 Å². The molecule has 1 aliphatic heterocycles. The van der Waals surface area contributed by atoms with Crippen molar-refractivity contribution >= 4 is 15.8 Å². The molecule has 0 radical (unpaired) electrons. The van der Waals surface area contributed by atoms with Gasteiger partial charge in [-0.1, -0.05) is 58.1 Å². The number of allylic oxidation sites excluding steroid dienone is 5. The molecule has 1 aromatic rings. The van der Waals surface area contributed by atoms with E-state index in [9.17, 15) is 18.3 Å². The van der Waals surface area contributed by atoms with Gasteiger partial charge >= 0.3 is 5.97 Å². The first-order valence-corrected chi connectivity index (χ1v) is 24.4. The van der Waals surface area contributed by atoms with Gasteiger partial charge in [-0.3, -0.25) is 4.79 Å². The Bertz CT molecular complexity index is 1860. The number of aromatic nitrogens is 1. The monoisotopic (exact) mass is 802 g/mol. The number of pyridine rings is 1. The van der Waals surface area contributed by atoms with Gasteiger partial charge in [-0.2, -0.15) is 0 Å². The minimum absolute atomic E-state index is 0.0353. The van der Waals surface area contributed by atoms with Gasteiger partial charge in [0.05, 0.1) is 23.5 Å². The van der Waals surface area contributed by atoms with E-state index in [1.165, 1.54) is 68.1 Å². The van der Waals surface area contributed by atoms with Crippen molar-refractivity contribution in [3.63, 3.8) is 0 Å². The van der Waals surface area contributed by atoms with Crippen molar-refractivity contribution < 1.29 is 23.1 Å². The minimum Gasteiger partial charge on any atom is -0.481 e. The Morgan fingerprint density at radius 1 is 0.947 bits per heavy atom. The van der Waals surface area contributed by atoms with Crippen molar-refractivity contribution in [2.24, 2.45) is 57.2 Å². The van der Waals surface area contributed by atoms with Crippen LogP contribution in [-0.4, -0.2) is 79.2 Å². The average Bonchev–Trinajstić information content (AvgIpc) is 3.56. The second-order valence-corrected chi connectivity index (χ2v) is 23.3. The molecule has 0 amide bonds. The van der Waals surface area contributed by atoms with E-state index in [1.807, 2.05) is 18.2 Å². The SMILES string of the molecule is C=C(C)[C@@H]1CC[C@]2(NCCN3CCS(=O)(=O)CC3)CC[C@@]3(C)C4CC[C@H]5C(C)(C)C(C6=CCC(CCOc7ccccn7)(C(=O)O)CC6)=CC[C@]5(C)[C@H]4CC[C@@H]3[C@@H]12. The number of hydrogen-bond donors (Lipinski definition) is 2. The van der Waals surface area contributed by atoms with E-state index < -0.39 is 21.2 Å². The van der Waals surface area contributed by atoms with E-state index in [1.54, 1.807) is 6.20 Å². The average molecular weight is 802 g/mol. The van der Waals surface area contributed by atoms with Crippen LogP contribution in [0, 0.1) is 57.2 Å². The molecule has 8 nitrogen and oxygen atoms in total. The minimum atomic E-state index is -2.87. The van der Waals surface area contributed by atoms with Gasteiger partial charge in [0.15, 0.2) is 9.84 Å². The van der Waals surface area contributed by atoms with E-state index in [0.717, 1.165) is 31.8 Å². The van der Waals surface area contributed by atoms with Crippen LogP contribution in [-0.2, 0) is 14.6 Å². The molecule has 4 saturated carbocycles. The van der Waals surface area contributed by atoms with Gasteiger partial charge in [0.25, 0.3) is 0 Å².